The van der Waals surface area contributed by atoms with Crippen molar-refractivity contribution in [2.45, 2.75) is 17.9 Å². The topological polar surface area (TPSA) is 72.7 Å². The molecule has 6 nitrogen and oxygen atoms in total. The highest BCUT2D eigenvalue weighted by Gasteiger charge is 2.15. The molecule has 0 unspecified atom stereocenters. The number of carbonyl (C=O) groups is 1. The lowest BCUT2D eigenvalue weighted by atomic mass is 10.3. The standard InChI is InChI=1S/C14H17N5OS/c1-3-9-15-14(20)11(2)21-10-13-16-17-18-19(13)12-7-5-4-6-8-12/h3-8,11H,1,9-10H2,2H3,(H,15,20)/t11-/m1/s1. The number of para-hydroxylation sites is 1. The summed E-state index contributed by atoms with van der Waals surface area (Å²) >= 11 is 1.49. The summed E-state index contributed by atoms with van der Waals surface area (Å²) in [6.07, 6.45) is 1.66. The van der Waals surface area contributed by atoms with Crippen molar-refractivity contribution in [3.8, 4) is 5.69 Å². The number of nitrogens with zero attached hydrogens (tertiary/aromatic N) is 4. The maximum atomic E-state index is 11.8. The average molecular weight is 303 g/mol. The first-order valence-corrected chi connectivity index (χ1v) is 7.60. The summed E-state index contributed by atoms with van der Waals surface area (Å²) in [6.45, 7) is 5.91. The lowest BCUT2D eigenvalue weighted by Crippen LogP contribution is -2.31. The molecule has 1 atom stereocenters. The van der Waals surface area contributed by atoms with Crippen LogP contribution in [-0.2, 0) is 10.5 Å². The van der Waals surface area contributed by atoms with E-state index in [-0.39, 0.29) is 11.2 Å². The third-order valence-electron chi connectivity index (χ3n) is 2.79. The molecule has 0 saturated heterocycles. The van der Waals surface area contributed by atoms with Crippen LogP contribution in [0.3, 0.4) is 0 Å². The average Bonchev–Trinajstić information content (AvgIpc) is 2.99. The Kier molecular flexibility index (Phi) is 5.51. The Morgan fingerprint density at radius 3 is 2.95 bits per heavy atom. The zero-order valence-electron chi connectivity index (χ0n) is 11.8. The number of benzene rings is 1. The number of carbonyl (C=O) groups excluding carboxylic acids is 1. The van der Waals surface area contributed by atoms with Gasteiger partial charge in [-0.2, -0.15) is 4.68 Å². The molecule has 1 N–H and O–H groups in total. The Balaban J connectivity index is 1.97. The van der Waals surface area contributed by atoms with Crippen LogP contribution < -0.4 is 5.32 Å². The van der Waals surface area contributed by atoms with Crippen LogP contribution in [-0.4, -0.2) is 37.9 Å². The third kappa shape index (κ3) is 4.16. The van der Waals surface area contributed by atoms with Gasteiger partial charge in [-0.05, 0) is 29.5 Å². The minimum atomic E-state index is -0.175. The van der Waals surface area contributed by atoms with Crippen molar-refractivity contribution in [1.29, 1.82) is 0 Å². The molecular formula is C14H17N5OS. The fraction of sp³-hybridized carbons (Fsp3) is 0.286. The van der Waals surface area contributed by atoms with E-state index in [2.05, 4.69) is 27.4 Å². The highest BCUT2D eigenvalue weighted by atomic mass is 32.2. The number of rotatable bonds is 7. The molecule has 21 heavy (non-hydrogen) atoms. The van der Waals surface area contributed by atoms with Crippen LogP contribution in [0.4, 0.5) is 0 Å². The number of aromatic nitrogens is 4. The number of hydrogen-bond donors (Lipinski definition) is 1. The molecule has 2 aromatic rings. The first-order chi connectivity index (χ1) is 10.2. The van der Waals surface area contributed by atoms with Gasteiger partial charge in [0.05, 0.1) is 16.7 Å². The van der Waals surface area contributed by atoms with Crippen LogP contribution in [0, 0.1) is 0 Å². The maximum absolute atomic E-state index is 11.8. The Morgan fingerprint density at radius 1 is 1.48 bits per heavy atom. The van der Waals surface area contributed by atoms with Crippen LogP contribution >= 0.6 is 11.8 Å². The van der Waals surface area contributed by atoms with E-state index >= 15 is 0 Å². The summed E-state index contributed by atoms with van der Waals surface area (Å²) in [7, 11) is 0. The van der Waals surface area contributed by atoms with E-state index in [1.165, 1.54) is 11.8 Å². The van der Waals surface area contributed by atoms with Crippen LogP contribution in [0.1, 0.15) is 12.7 Å². The van der Waals surface area contributed by atoms with Crippen molar-refractivity contribution in [2.24, 2.45) is 0 Å². The zero-order chi connectivity index (χ0) is 15.1. The fourth-order valence-electron chi connectivity index (χ4n) is 1.66. The quantitative estimate of drug-likeness (QED) is 0.786. The number of thioether (sulfide) groups is 1. The molecule has 0 aliphatic rings. The largest absolute Gasteiger partial charge is 0.352 e. The second kappa shape index (κ2) is 7.58. The van der Waals surface area contributed by atoms with Gasteiger partial charge in [-0.3, -0.25) is 4.79 Å². The van der Waals surface area contributed by atoms with Gasteiger partial charge >= 0.3 is 0 Å². The summed E-state index contributed by atoms with van der Waals surface area (Å²) in [5, 5.41) is 14.3. The predicted octanol–water partition coefficient (Wildman–Crippen LogP) is 1.59. The van der Waals surface area contributed by atoms with Crippen molar-refractivity contribution in [3.63, 3.8) is 0 Å². The number of hydrogen-bond acceptors (Lipinski definition) is 5. The third-order valence-corrected chi connectivity index (χ3v) is 3.93. The molecule has 1 aromatic heterocycles. The summed E-state index contributed by atoms with van der Waals surface area (Å²) in [4.78, 5) is 11.8. The second-order valence-corrected chi connectivity index (χ2v) is 5.66. The first kappa shape index (κ1) is 15.2. The van der Waals surface area contributed by atoms with Crippen molar-refractivity contribution in [2.75, 3.05) is 6.54 Å². The fourth-order valence-corrected chi connectivity index (χ4v) is 2.47. The molecule has 0 aliphatic heterocycles. The molecule has 0 saturated carbocycles. The van der Waals surface area contributed by atoms with Gasteiger partial charge in [0.15, 0.2) is 5.82 Å². The lowest BCUT2D eigenvalue weighted by Gasteiger charge is -2.10. The summed E-state index contributed by atoms with van der Waals surface area (Å²) in [5.74, 6) is 1.26. The van der Waals surface area contributed by atoms with Crippen molar-refractivity contribution in [3.05, 3.63) is 48.8 Å². The highest BCUT2D eigenvalue weighted by Crippen LogP contribution is 2.17. The van der Waals surface area contributed by atoms with Crippen LogP contribution in [0.15, 0.2) is 43.0 Å². The molecule has 2 rings (SSSR count). The SMILES string of the molecule is C=CCNC(=O)[C@@H](C)SCc1nnnn1-c1ccccc1. The van der Waals surface area contributed by atoms with Gasteiger partial charge in [0, 0.05) is 6.54 Å². The Bertz CT molecular complexity index is 598. The molecule has 1 amide bonds. The normalized spacial score (nSPS) is 11.9. The van der Waals surface area contributed by atoms with Gasteiger partial charge in [0.1, 0.15) is 0 Å². The second-order valence-electron chi connectivity index (χ2n) is 4.33. The van der Waals surface area contributed by atoms with E-state index in [1.807, 2.05) is 37.3 Å². The summed E-state index contributed by atoms with van der Waals surface area (Å²) < 4.78 is 1.68. The lowest BCUT2D eigenvalue weighted by molar-refractivity contribution is -0.120. The van der Waals surface area contributed by atoms with Gasteiger partial charge in [-0.15, -0.1) is 23.4 Å². The molecule has 0 bridgehead atoms. The highest BCUT2D eigenvalue weighted by molar-refractivity contribution is 7.99. The van der Waals surface area contributed by atoms with Crippen molar-refractivity contribution >= 4 is 17.7 Å². The molecular weight excluding hydrogens is 286 g/mol. The van der Waals surface area contributed by atoms with E-state index in [0.717, 1.165) is 11.5 Å². The number of nitrogens with one attached hydrogen (secondary N) is 1. The number of tetrazole rings is 1. The van der Waals surface area contributed by atoms with E-state index in [1.54, 1.807) is 10.8 Å². The maximum Gasteiger partial charge on any atom is 0.233 e. The van der Waals surface area contributed by atoms with Crippen LogP contribution in [0.25, 0.3) is 5.69 Å². The van der Waals surface area contributed by atoms with E-state index in [4.69, 9.17) is 0 Å². The summed E-state index contributed by atoms with van der Waals surface area (Å²) in [5.41, 5.74) is 0.905. The molecule has 1 heterocycles. The molecule has 110 valence electrons. The zero-order valence-corrected chi connectivity index (χ0v) is 12.6. The van der Waals surface area contributed by atoms with Gasteiger partial charge in [0.2, 0.25) is 5.91 Å². The minimum Gasteiger partial charge on any atom is -0.352 e. The minimum absolute atomic E-state index is 0.0152. The predicted molar refractivity (Wildman–Crippen MR) is 83.1 cm³/mol. The van der Waals surface area contributed by atoms with Crippen LogP contribution in [0.5, 0.6) is 0 Å². The van der Waals surface area contributed by atoms with E-state index in [9.17, 15) is 4.79 Å². The Labute approximate surface area is 127 Å². The van der Waals surface area contributed by atoms with Crippen molar-refractivity contribution in [1.82, 2.24) is 25.5 Å². The molecule has 0 radical (unpaired) electrons. The smallest absolute Gasteiger partial charge is 0.233 e. The molecule has 0 aliphatic carbocycles. The van der Waals surface area contributed by atoms with E-state index < -0.39 is 0 Å². The van der Waals surface area contributed by atoms with Gasteiger partial charge in [-0.1, -0.05) is 24.3 Å². The Morgan fingerprint density at radius 2 is 2.24 bits per heavy atom. The monoisotopic (exact) mass is 303 g/mol. The molecule has 0 spiro atoms. The molecule has 7 heteroatoms. The van der Waals surface area contributed by atoms with E-state index in [0.29, 0.717) is 12.3 Å². The van der Waals surface area contributed by atoms with Gasteiger partial charge in [0.25, 0.3) is 0 Å². The van der Waals surface area contributed by atoms with Gasteiger partial charge < -0.3 is 5.32 Å². The number of amides is 1. The van der Waals surface area contributed by atoms with Crippen molar-refractivity contribution < 1.29 is 4.79 Å². The first-order valence-electron chi connectivity index (χ1n) is 6.55. The summed E-state index contributed by atoms with van der Waals surface area (Å²) in [6, 6.07) is 9.67. The molecule has 1 aromatic carbocycles. The van der Waals surface area contributed by atoms with Gasteiger partial charge in [-0.25, -0.2) is 0 Å². The van der Waals surface area contributed by atoms with Crippen LogP contribution in [0.2, 0.25) is 0 Å². The Hall–Kier alpha value is -2.15. The molecule has 0 fully saturated rings.